The predicted molar refractivity (Wildman–Crippen MR) is 118 cm³/mol. The molecule has 0 spiro atoms. The summed E-state index contributed by atoms with van der Waals surface area (Å²) in [5, 5.41) is 16.8. The van der Waals surface area contributed by atoms with Crippen LogP contribution in [-0.4, -0.2) is 47.3 Å². The van der Waals surface area contributed by atoms with Gasteiger partial charge >= 0.3 is 12.0 Å². The van der Waals surface area contributed by atoms with Crippen molar-refractivity contribution in [2.24, 2.45) is 5.92 Å². The third-order valence-corrected chi connectivity index (χ3v) is 5.64. The largest absolute Gasteiger partial charge is 0.465 e. The Hall–Kier alpha value is -2.53. The second kappa shape index (κ2) is 11.6. The lowest BCUT2D eigenvalue weighted by Crippen LogP contribution is -2.51. The van der Waals surface area contributed by atoms with E-state index in [-0.39, 0.29) is 19.1 Å². The summed E-state index contributed by atoms with van der Waals surface area (Å²) >= 11 is 4.62. The highest BCUT2D eigenvalue weighted by Crippen LogP contribution is 2.27. The number of benzene rings is 1. The normalized spacial score (nSPS) is 12.5. The molecule has 2 atom stereocenters. The molecule has 162 valence electrons. The first kappa shape index (κ1) is 23.7. The van der Waals surface area contributed by atoms with Gasteiger partial charge in [-0.25, -0.2) is 4.79 Å². The molecule has 0 bridgehead atoms. The van der Waals surface area contributed by atoms with Crippen molar-refractivity contribution < 1.29 is 19.1 Å². The van der Waals surface area contributed by atoms with Crippen molar-refractivity contribution >= 4 is 50.3 Å². The van der Waals surface area contributed by atoms with E-state index in [0.717, 1.165) is 10.0 Å². The number of amides is 3. The molecular weight excluding hydrogens is 474 g/mol. The zero-order valence-electron chi connectivity index (χ0n) is 16.9. The van der Waals surface area contributed by atoms with E-state index in [0.29, 0.717) is 16.6 Å². The van der Waals surface area contributed by atoms with Crippen LogP contribution in [0.5, 0.6) is 0 Å². The van der Waals surface area contributed by atoms with Gasteiger partial charge in [-0.05, 0) is 25.0 Å². The van der Waals surface area contributed by atoms with Crippen molar-refractivity contribution in [3.63, 3.8) is 0 Å². The second-order valence-electron chi connectivity index (χ2n) is 6.40. The van der Waals surface area contributed by atoms with E-state index < -0.39 is 23.9 Å². The molecule has 0 aliphatic carbocycles. The van der Waals surface area contributed by atoms with Gasteiger partial charge in [0.2, 0.25) is 11.0 Å². The average Bonchev–Trinajstić information content (AvgIpc) is 3.19. The van der Waals surface area contributed by atoms with Gasteiger partial charge in [-0.1, -0.05) is 59.7 Å². The summed E-state index contributed by atoms with van der Waals surface area (Å²) in [5.74, 6) is -1.10. The SMILES string of the molecule is CCOC(=O)CNC(=O)N[C@H](C(=O)Nc1nnc(-c2ccc(Br)cc2)s1)[C@@H](C)CC. The standard InChI is InChI=1S/C19H24BrN5O4S/c1-4-11(3)15(22-18(28)21-10-14(26)29-5-2)16(27)23-19-25-24-17(30-19)12-6-8-13(20)9-7-12/h6-9,11,15H,4-5,10H2,1-3H3,(H2,21,22,28)(H,23,25,27)/t11-,15-/m0/s1. The lowest BCUT2D eigenvalue weighted by Gasteiger charge is -2.23. The van der Waals surface area contributed by atoms with E-state index >= 15 is 0 Å². The van der Waals surface area contributed by atoms with E-state index in [1.807, 2.05) is 38.1 Å². The molecule has 3 N–H and O–H groups in total. The predicted octanol–water partition coefficient (Wildman–Crippen LogP) is 3.18. The van der Waals surface area contributed by atoms with Crippen molar-refractivity contribution in [2.75, 3.05) is 18.5 Å². The van der Waals surface area contributed by atoms with Gasteiger partial charge in [0.15, 0.2) is 0 Å². The average molecular weight is 498 g/mol. The van der Waals surface area contributed by atoms with Crippen molar-refractivity contribution in [3.8, 4) is 10.6 Å². The van der Waals surface area contributed by atoms with Crippen LogP contribution in [0.3, 0.4) is 0 Å². The van der Waals surface area contributed by atoms with Crippen LogP contribution < -0.4 is 16.0 Å². The highest BCUT2D eigenvalue weighted by Gasteiger charge is 2.27. The Labute approximate surface area is 187 Å². The molecule has 1 aromatic heterocycles. The van der Waals surface area contributed by atoms with Gasteiger partial charge in [-0.15, -0.1) is 10.2 Å². The van der Waals surface area contributed by atoms with Gasteiger partial charge in [-0.2, -0.15) is 0 Å². The van der Waals surface area contributed by atoms with Gasteiger partial charge in [0, 0.05) is 10.0 Å². The summed E-state index contributed by atoms with van der Waals surface area (Å²) < 4.78 is 5.71. The number of ether oxygens (including phenoxy) is 1. The van der Waals surface area contributed by atoms with Gasteiger partial charge in [0.25, 0.3) is 0 Å². The van der Waals surface area contributed by atoms with Crippen molar-refractivity contribution in [2.45, 2.75) is 33.2 Å². The van der Waals surface area contributed by atoms with Crippen molar-refractivity contribution in [1.82, 2.24) is 20.8 Å². The van der Waals surface area contributed by atoms with Crippen LogP contribution in [0.1, 0.15) is 27.2 Å². The number of carbonyl (C=O) groups is 3. The molecule has 0 fully saturated rings. The van der Waals surface area contributed by atoms with Crippen molar-refractivity contribution in [1.29, 1.82) is 0 Å². The zero-order valence-corrected chi connectivity index (χ0v) is 19.3. The van der Waals surface area contributed by atoms with Gasteiger partial charge in [0.1, 0.15) is 17.6 Å². The summed E-state index contributed by atoms with van der Waals surface area (Å²) in [6, 6.07) is 6.15. The van der Waals surface area contributed by atoms with E-state index in [1.165, 1.54) is 11.3 Å². The fourth-order valence-electron chi connectivity index (χ4n) is 2.42. The number of nitrogens with zero attached hydrogens (tertiary/aromatic N) is 2. The minimum atomic E-state index is -0.808. The highest BCUT2D eigenvalue weighted by molar-refractivity contribution is 9.10. The number of aromatic nitrogens is 2. The molecule has 1 heterocycles. The summed E-state index contributed by atoms with van der Waals surface area (Å²) in [5.41, 5.74) is 0.881. The molecule has 0 unspecified atom stereocenters. The third kappa shape index (κ3) is 7.06. The van der Waals surface area contributed by atoms with Gasteiger partial charge < -0.3 is 15.4 Å². The Morgan fingerprint density at radius 3 is 2.50 bits per heavy atom. The van der Waals surface area contributed by atoms with Crippen LogP contribution in [0.4, 0.5) is 9.93 Å². The lowest BCUT2D eigenvalue weighted by molar-refractivity contribution is -0.141. The molecule has 11 heteroatoms. The number of anilines is 1. The number of carbonyl (C=O) groups excluding carboxylic acids is 3. The number of esters is 1. The lowest BCUT2D eigenvalue weighted by atomic mass is 9.98. The molecule has 0 aliphatic rings. The van der Waals surface area contributed by atoms with Gasteiger partial charge in [-0.3, -0.25) is 14.9 Å². The maximum atomic E-state index is 12.8. The molecule has 0 saturated heterocycles. The highest BCUT2D eigenvalue weighted by atomic mass is 79.9. The van der Waals surface area contributed by atoms with Crippen molar-refractivity contribution in [3.05, 3.63) is 28.7 Å². The van der Waals surface area contributed by atoms with E-state index in [2.05, 4.69) is 42.1 Å². The summed E-state index contributed by atoms with van der Waals surface area (Å²) in [6.07, 6.45) is 0.663. The maximum absolute atomic E-state index is 12.8. The molecule has 30 heavy (non-hydrogen) atoms. The first-order valence-electron chi connectivity index (χ1n) is 9.44. The van der Waals surface area contributed by atoms with Crippen LogP contribution in [0.15, 0.2) is 28.7 Å². The molecule has 9 nitrogen and oxygen atoms in total. The Bertz CT molecular complexity index is 874. The molecular formula is C19H24BrN5O4S. The van der Waals surface area contributed by atoms with E-state index in [1.54, 1.807) is 6.92 Å². The van der Waals surface area contributed by atoms with E-state index in [9.17, 15) is 14.4 Å². The van der Waals surface area contributed by atoms with E-state index in [4.69, 9.17) is 4.74 Å². The molecule has 0 radical (unpaired) electrons. The monoisotopic (exact) mass is 497 g/mol. The Kier molecular flexibility index (Phi) is 9.18. The topological polar surface area (TPSA) is 122 Å². The number of rotatable bonds is 9. The first-order valence-corrected chi connectivity index (χ1v) is 11.0. The Balaban J connectivity index is 2.00. The summed E-state index contributed by atoms with van der Waals surface area (Å²) in [6.45, 7) is 5.39. The molecule has 0 aliphatic heterocycles. The third-order valence-electron chi connectivity index (χ3n) is 4.23. The maximum Gasteiger partial charge on any atom is 0.325 e. The Morgan fingerprint density at radius 1 is 1.17 bits per heavy atom. The molecule has 3 amide bonds. The fraction of sp³-hybridized carbons (Fsp3) is 0.421. The second-order valence-corrected chi connectivity index (χ2v) is 8.30. The molecule has 2 aromatic rings. The van der Waals surface area contributed by atoms with Crippen LogP contribution in [-0.2, 0) is 14.3 Å². The number of hydrogen-bond donors (Lipinski definition) is 3. The van der Waals surface area contributed by atoms with Crippen LogP contribution in [0, 0.1) is 5.92 Å². The summed E-state index contributed by atoms with van der Waals surface area (Å²) in [4.78, 5) is 36.3. The quantitative estimate of drug-likeness (QED) is 0.457. The minimum absolute atomic E-state index is 0.141. The first-order chi connectivity index (χ1) is 14.3. The molecule has 0 saturated carbocycles. The van der Waals surface area contributed by atoms with Crippen LogP contribution in [0.2, 0.25) is 0 Å². The number of urea groups is 1. The van der Waals surface area contributed by atoms with Crippen LogP contribution in [0.25, 0.3) is 10.6 Å². The molecule has 2 rings (SSSR count). The van der Waals surface area contributed by atoms with Gasteiger partial charge in [0.05, 0.1) is 6.61 Å². The number of nitrogens with one attached hydrogen (secondary N) is 3. The smallest absolute Gasteiger partial charge is 0.325 e. The van der Waals surface area contributed by atoms with Crippen LogP contribution >= 0.6 is 27.3 Å². The Morgan fingerprint density at radius 2 is 1.87 bits per heavy atom. The molecule has 1 aromatic carbocycles. The zero-order chi connectivity index (χ0) is 22.1. The fourth-order valence-corrected chi connectivity index (χ4v) is 3.44. The number of hydrogen-bond acceptors (Lipinski definition) is 7. The number of halogens is 1. The summed E-state index contributed by atoms with van der Waals surface area (Å²) in [7, 11) is 0. The minimum Gasteiger partial charge on any atom is -0.465 e.